The third-order valence-corrected chi connectivity index (χ3v) is 5.41. The zero-order valence-corrected chi connectivity index (χ0v) is 17.9. The number of ether oxygens (including phenoxy) is 1. The molecule has 0 saturated heterocycles. The summed E-state index contributed by atoms with van der Waals surface area (Å²) in [5.74, 6) is -0.860. The van der Waals surface area contributed by atoms with Gasteiger partial charge in [0.25, 0.3) is 5.91 Å². The van der Waals surface area contributed by atoms with Crippen molar-refractivity contribution in [3.63, 3.8) is 0 Å². The highest BCUT2D eigenvalue weighted by molar-refractivity contribution is 6.15. The minimum atomic E-state index is -0.714. The summed E-state index contributed by atoms with van der Waals surface area (Å²) in [5, 5.41) is 10.7. The Labute approximate surface area is 182 Å². The number of amides is 1. The van der Waals surface area contributed by atoms with Crippen LogP contribution in [0.15, 0.2) is 71.1 Å². The number of rotatable bonds is 11. The number of likely N-dealkylation sites (N-methyl/N-ethyl adjacent to an activating group) is 1. The number of Topliss-reactive ketones (excluding diaryl/α,β-unsaturated/α-hetero) is 1. The van der Waals surface area contributed by atoms with Gasteiger partial charge in [-0.1, -0.05) is 38.6 Å². The highest BCUT2D eigenvalue weighted by Crippen LogP contribution is 2.39. The second-order valence-electron chi connectivity index (χ2n) is 7.17. The van der Waals surface area contributed by atoms with E-state index in [-0.39, 0.29) is 11.3 Å². The van der Waals surface area contributed by atoms with E-state index in [0.717, 1.165) is 13.1 Å². The number of ketones is 1. The zero-order valence-electron chi connectivity index (χ0n) is 17.9. The average Bonchev–Trinajstić information content (AvgIpc) is 3.41. The summed E-state index contributed by atoms with van der Waals surface area (Å²) in [6.07, 6.45) is 3.04. The molecule has 2 heterocycles. The first-order chi connectivity index (χ1) is 15.0. The smallest absolute Gasteiger partial charge is 0.290 e. The van der Waals surface area contributed by atoms with E-state index in [4.69, 9.17) is 9.15 Å². The summed E-state index contributed by atoms with van der Waals surface area (Å²) in [7, 11) is 0. The standard InChI is InChI=1S/C24H28N2O5/c1-4-15-30-18-11-9-17(10-12-18)21-20(22(27)19-8-7-16-31-19)23(28)24(29)26(21)14-13-25(5-2)6-3/h4,7-12,16,21,28H,1,5-6,13-15H2,2-3H3/t21-/m1/s1. The summed E-state index contributed by atoms with van der Waals surface area (Å²) >= 11 is 0. The van der Waals surface area contributed by atoms with Crippen molar-refractivity contribution in [2.45, 2.75) is 19.9 Å². The Morgan fingerprint density at radius 3 is 2.55 bits per heavy atom. The van der Waals surface area contributed by atoms with Crippen molar-refractivity contribution in [2.75, 3.05) is 32.8 Å². The molecule has 1 atom stereocenters. The minimum absolute atomic E-state index is 0.0271. The van der Waals surface area contributed by atoms with Crippen molar-refractivity contribution in [3.8, 4) is 5.75 Å². The van der Waals surface area contributed by atoms with Gasteiger partial charge in [0.2, 0.25) is 5.78 Å². The molecule has 0 aliphatic carbocycles. The molecule has 1 aromatic heterocycles. The van der Waals surface area contributed by atoms with Crippen LogP contribution >= 0.6 is 0 Å². The molecule has 164 valence electrons. The topological polar surface area (TPSA) is 83.2 Å². The first kappa shape index (κ1) is 22.4. The first-order valence-electron chi connectivity index (χ1n) is 10.4. The second-order valence-corrected chi connectivity index (χ2v) is 7.17. The lowest BCUT2D eigenvalue weighted by Crippen LogP contribution is -2.38. The predicted octanol–water partition coefficient (Wildman–Crippen LogP) is 3.76. The van der Waals surface area contributed by atoms with Crippen LogP contribution in [0.2, 0.25) is 0 Å². The number of furan rings is 1. The lowest BCUT2D eigenvalue weighted by molar-refractivity contribution is -0.129. The minimum Gasteiger partial charge on any atom is -0.503 e. The van der Waals surface area contributed by atoms with Gasteiger partial charge in [0.05, 0.1) is 17.9 Å². The van der Waals surface area contributed by atoms with Crippen LogP contribution in [-0.2, 0) is 4.79 Å². The Bertz CT molecular complexity index is 943. The van der Waals surface area contributed by atoms with E-state index in [2.05, 4.69) is 25.3 Å². The molecule has 7 nitrogen and oxygen atoms in total. The molecule has 0 spiro atoms. The Morgan fingerprint density at radius 2 is 1.97 bits per heavy atom. The number of nitrogens with zero attached hydrogens (tertiary/aromatic N) is 2. The maximum Gasteiger partial charge on any atom is 0.290 e. The van der Waals surface area contributed by atoms with Gasteiger partial charge in [-0.2, -0.15) is 0 Å². The van der Waals surface area contributed by atoms with E-state index in [0.29, 0.717) is 31.0 Å². The third kappa shape index (κ3) is 4.72. The molecular formula is C24H28N2O5. The quantitative estimate of drug-likeness (QED) is 0.437. The van der Waals surface area contributed by atoms with E-state index in [1.807, 2.05) is 0 Å². The molecule has 1 aromatic carbocycles. The highest BCUT2D eigenvalue weighted by Gasteiger charge is 2.44. The molecule has 1 N–H and O–H groups in total. The molecule has 0 bridgehead atoms. The summed E-state index contributed by atoms with van der Waals surface area (Å²) in [4.78, 5) is 29.8. The van der Waals surface area contributed by atoms with Crippen molar-refractivity contribution in [3.05, 3.63) is 78.0 Å². The van der Waals surface area contributed by atoms with Crippen LogP contribution < -0.4 is 4.74 Å². The van der Waals surface area contributed by atoms with Crippen LogP contribution in [0.5, 0.6) is 5.75 Å². The summed E-state index contributed by atoms with van der Waals surface area (Å²) in [6.45, 7) is 10.8. The lowest BCUT2D eigenvalue weighted by atomic mass is 9.95. The average molecular weight is 424 g/mol. The van der Waals surface area contributed by atoms with E-state index >= 15 is 0 Å². The molecule has 0 radical (unpaired) electrons. The first-order valence-corrected chi connectivity index (χ1v) is 10.4. The lowest BCUT2D eigenvalue weighted by Gasteiger charge is -2.29. The van der Waals surface area contributed by atoms with Gasteiger partial charge < -0.3 is 24.1 Å². The maximum absolute atomic E-state index is 13.1. The fourth-order valence-corrected chi connectivity index (χ4v) is 3.69. The fraction of sp³-hybridized carbons (Fsp3) is 0.333. The van der Waals surface area contributed by atoms with E-state index < -0.39 is 23.5 Å². The van der Waals surface area contributed by atoms with Gasteiger partial charge in [0.1, 0.15) is 12.4 Å². The number of hydrogen-bond acceptors (Lipinski definition) is 6. The van der Waals surface area contributed by atoms with Crippen molar-refractivity contribution >= 4 is 11.7 Å². The Hall–Kier alpha value is -3.32. The van der Waals surface area contributed by atoms with Gasteiger partial charge in [0.15, 0.2) is 11.5 Å². The number of aliphatic hydroxyl groups excluding tert-OH is 1. The van der Waals surface area contributed by atoms with Gasteiger partial charge in [-0.05, 0) is 42.9 Å². The van der Waals surface area contributed by atoms with Crippen molar-refractivity contribution < 1.29 is 23.8 Å². The van der Waals surface area contributed by atoms with Crippen molar-refractivity contribution in [2.24, 2.45) is 0 Å². The number of benzene rings is 1. The van der Waals surface area contributed by atoms with Gasteiger partial charge in [-0.25, -0.2) is 0 Å². The van der Waals surface area contributed by atoms with Crippen molar-refractivity contribution in [1.82, 2.24) is 9.80 Å². The SMILES string of the molecule is C=CCOc1ccc([C@@H]2C(C(=O)c3ccco3)=C(O)C(=O)N2CCN(CC)CC)cc1. The maximum atomic E-state index is 13.1. The van der Waals surface area contributed by atoms with Gasteiger partial charge in [-0.3, -0.25) is 9.59 Å². The van der Waals surface area contributed by atoms with Crippen LogP contribution in [0.1, 0.15) is 36.0 Å². The van der Waals surface area contributed by atoms with Gasteiger partial charge in [-0.15, -0.1) is 0 Å². The van der Waals surface area contributed by atoms with Crippen LogP contribution in [-0.4, -0.2) is 59.4 Å². The fourth-order valence-electron chi connectivity index (χ4n) is 3.69. The molecule has 1 aliphatic rings. The summed E-state index contributed by atoms with van der Waals surface area (Å²) < 4.78 is 10.8. The molecule has 31 heavy (non-hydrogen) atoms. The Morgan fingerprint density at radius 1 is 1.26 bits per heavy atom. The van der Waals surface area contributed by atoms with Crippen molar-refractivity contribution in [1.29, 1.82) is 0 Å². The molecule has 1 amide bonds. The van der Waals surface area contributed by atoms with Crippen LogP contribution in [0.3, 0.4) is 0 Å². The summed E-state index contributed by atoms with van der Waals surface area (Å²) in [6, 6.07) is 9.56. The number of carbonyl (C=O) groups is 2. The van der Waals surface area contributed by atoms with E-state index in [1.165, 1.54) is 12.3 Å². The van der Waals surface area contributed by atoms with Crippen LogP contribution in [0, 0.1) is 0 Å². The molecule has 0 saturated carbocycles. The molecule has 0 unspecified atom stereocenters. The highest BCUT2D eigenvalue weighted by atomic mass is 16.5. The van der Waals surface area contributed by atoms with Crippen LogP contribution in [0.25, 0.3) is 0 Å². The second kappa shape index (κ2) is 10.1. The predicted molar refractivity (Wildman–Crippen MR) is 117 cm³/mol. The van der Waals surface area contributed by atoms with Gasteiger partial charge in [0, 0.05) is 13.1 Å². The molecular weight excluding hydrogens is 396 g/mol. The van der Waals surface area contributed by atoms with Gasteiger partial charge >= 0.3 is 0 Å². The van der Waals surface area contributed by atoms with E-state index in [9.17, 15) is 14.7 Å². The number of aliphatic hydroxyl groups is 1. The Balaban J connectivity index is 1.96. The summed E-state index contributed by atoms with van der Waals surface area (Å²) in [5.41, 5.74) is 0.733. The molecule has 7 heteroatoms. The molecule has 1 aliphatic heterocycles. The van der Waals surface area contributed by atoms with E-state index in [1.54, 1.807) is 41.3 Å². The van der Waals surface area contributed by atoms with Crippen LogP contribution in [0.4, 0.5) is 0 Å². The largest absolute Gasteiger partial charge is 0.503 e. The Kier molecular flexibility index (Phi) is 7.31. The monoisotopic (exact) mass is 424 g/mol. The number of carbonyl (C=O) groups excluding carboxylic acids is 2. The normalized spacial score (nSPS) is 16.3. The molecule has 0 fully saturated rings. The zero-order chi connectivity index (χ0) is 22.4. The molecule has 3 rings (SSSR count). The molecule has 2 aromatic rings. The third-order valence-electron chi connectivity index (χ3n) is 5.41. The number of hydrogen-bond donors (Lipinski definition) is 1.